The first-order valence-corrected chi connectivity index (χ1v) is 7.45. The van der Waals surface area contributed by atoms with Crippen LogP contribution >= 0.6 is 0 Å². The summed E-state index contributed by atoms with van der Waals surface area (Å²) < 4.78 is 6.99. The third kappa shape index (κ3) is 3.74. The van der Waals surface area contributed by atoms with E-state index in [0.29, 0.717) is 18.3 Å². The van der Waals surface area contributed by atoms with Crippen LogP contribution in [0.3, 0.4) is 0 Å². The van der Waals surface area contributed by atoms with Crippen molar-refractivity contribution in [3.05, 3.63) is 11.5 Å². The van der Waals surface area contributed by atoms with E-state index in [1.54, 1.807) is 6.92 Å². The molecule has 1 heterocycles. The first-order valence-electron chi connectivity index (χ1n) is 7.45. The van der Waals surface area contributed by atoms with Gasteiger partial charge in [0.05, 0.1) is 6.61 Å². The molecule has 0 aliphatic carbocycles. The summed E-state index contributed by atoms with van der Waals surface area (Å²) in [5, 5.41) is 0. The largest absolute Gasteiger partial charge is 0.461 e. The molecule has 0 fully saturated rings. The minimum Gasteiger partial charge on any atom is -0.461 e. The average Bonchev–Trinajstić information content (AvgIpc) is 2.73. The highest BCUT2D eigenvalue weighted by Gasteiger charge is 2.23. The number of rotatable bonds is 7. The van der Waals surface area contributed by atoms with Gasteiger partial charge in [0, 0.05) is 12.5 Å². The molecule has 0 bridgehead atoms. The molecule has 5 nitrogen and oxygen atoms in total. The maximum absolute atomic E-state index is 11.9. The van der Waals surface area contributed by atoms with Crippen molar-refractivity contribution in [2.75, 3.05) is 12.3 Å². The van der Waals surface area contributed by atoms with Gasteiger partial charge in [0.2, 0.25) is 0 Å². The Labute approximate surface area is 121 Å². The number of anilines is 1. The third-order valence-corrected chi connectivity index (χ3v) is 3.41. The zero-order chi connectivity index (χ0) is 15.3. The lowest BCUT2D eigenvalue weighted by Gasteiger charge is -2.18. The molecular weight excluding hydrogens is 254 g/mol. The van der Waals surface area contributed by atoms with Gasteiger partial charge in [0.15, 0.2) is 5.69 Å². The number of nitrogen functional groups attached to an aromatic ring is 1. The zero-order valence-corrected chi connectivity index (χ0v) is 13.3. The standard InChI is InChI=1S/C15H27N3O2/c1-6-12-17-13(15(19)20-7-2)14(16)18(12)11(5)9-8-10(3)4/h10-11H,6-9,16H2,1-5H3. The van der Waals surface area contributed by atoms with Gasteiger partial charge in [-0.3, -0.25) is 0 Å². The van der Waals surface area contributed by atoms with E-state index in [0.717, 1.165) is 25.1 Å². The van der Waals surface area contributed by atoms with Crippen molar-refractivity contribution in [3.8, 4) is 0 Å². The van der Waals surface area contributed by atoms with Gasteiger partial charge in [-0.25, -0.2) is 9.78 Å². The van der Waals surface area contributed by atoms with Crippen LogP contribution in [0, 0.1) is 5.92 Å². The number of ether oxygens (including phenoxy) is 1. The van der Waals surface area contributed by atoms with Crippen LogP contribution in [0.15, 0.2) is 0 Å². The third-order valence-electron chi connectivity index (χ3n) is 3.41. The Morgan fingerprint density at radius 2 is 1.95 bits per heavy atom. The molecule has 0 amide bonds. The van der Waals surface area contributed by atoms with E-state index in [1.165, 1.54) is 0 Å². The number of carbonyl (C=O) groups is 1. The van der Waals surface area contributed by atoms with Gasteiger partial charge in [0.1, 0.15) is 11.6 Å². The smallest absolute Gasteiger partial charge is 0.360 e. The lowest BCUT2D eigenvalue weighted by molar-refractivity contribution is 0.0521. The molecule has 0 radical (unpaired) electrons. The summed E-state index contributed by atoms with van der Waals surface area (Å²) in [6, 6.07) is 0.239. The molecule has 1 unspecified atom stereocenters. The molecule has 1 aromatic heterocycles. The Bertz CT molecular complexity index is 452. The van der Waals surface area contributed by atoms with Crippen LogP contribution in [0.5, 0.6) is 0 Å². The predicted octanol–water partition coefficient (Wildman–Crippen LogP) is 3.20. The molecule has 0 aromatic carbocycles. The number of hydrogen-bond donors (Lipinski definition) is 1. The fourth-order valence-corrected chi connectivity index (χ4v) is 2.29. The fraction of sp³-hybridized carbons (Fsp3) is 0.733. The Hall–Kier alpha value is -1.52. The van der Waals surface area contributed by atoms with Gasteiger partial charge in [-0.15, -0.1) is 0 Å². The van der Waals surface area contributed by atoms with Crippen LogP contribution < -0.4 is 5.73 Å². The quantitative estimate of drug-likeness (QED) is 0.779. The van der Waals surface area contributed by atoms with Gasteiger partial charge in [0.25, 0.3) is 0 Å². The number of carbonyl (C=O) groups excluding carboxylic acids is 1. The molecule has 1 aromatic rings. The maximum atomic E-state index is 11.9. The van der Waals surface area contributed by atoms with Gasteiger partial charge in [-0.05, 0) is 32.6 Å². The number of nitrogens with zero attached hydrogens (tertiary/aromatic N) is 2. The van der Waals surface area contributed by atoms with Crippen LogP contribution in [0.25, 0.3) is 0 Å². The van der Waals surface area contributed by atoms with Crippen LogP contribution in [-0.2, 0) is 11.2 Å². The van der Waals surface area contributed by atoms with Crippen LogP contribution in [0.2, 0.25) is 0 Å². The van der Waals surface area contributed by atoms with Gasteiger partial charge in [-0.1, -0.05) is 20.8 Å². The van der Waals surface area contributed by atoms with Gasteiger partial charge >= 0.3 is 5.97 Å². The SMILES string of the molecule is CCOC(=O)c1nc(CC)n(C(C)CCC(C)C)c1N. The second-order valence-corrected chi connectivity index (χ2v) is 5.53. The summed E-state index contributed by atoms with van der Waals surface area (Å²) in [6.45, 7) is 10.6. The highest BCUT2D eigenvalue weighted by Crippen LogP contribution is 2.25. The molecule has 2 N–H and O–H groups in total. The Kier molecular flexibility index (Phi) is 6.05. The Morgan fingerprint density at radius 1 is 1.30 bits per heavy atom. The minimum absolute atomic E-state index is 0.239. The molecule has 20 heavy (non-hydrogen) atoms. The summed E-state index contributed by atoms with van der Waals surface area (Å²) in [4.78, 5) is 16.2. The summed E-state index contributed by atoms with van der Waals surface area (Å²) in [5.41, 5.74) is 6.37. The fourth-order valence-electron chi connectivity index (χ4n) is 2.29. The van der Waals surface area contributed by atoms with Gasteiger partial charge in [-0.2, -0.15) is 0 Å². The minimum atomic E-state index is -0.436. The van der Waals surface area contributed by atoms with E-state index < -0.39 is 5.97 Å². The van der Waals surface area contributed by atoms with Crippen molar-refractivity contribution in [3.63, 3.8) is 0 Å². The zero-order valence-electron chi connectivity index (χ0n) is 13.3. The summed E-state index contributed by atoms with van der Waals surface area (Å²) in [7, 11) is 0. The Morgan fingerprint density at radius 3 is 2.45 bits per heavy atom. The number of nitrogens with two attached hydrogens (primary N) is 1. The number of esters is 1. The van der Waals surface area contributed by atoms with Gasteiger partial charge < -0.3 is 15.0 Å². The first kappa shape index (κ1) is 16.5. The monoisotopic (exact) mass is 281 g/mol. The van der Waals surface area contributed by atoms with E-state index in [1.807, 2.05) is 11.5 Å². The molecule has 114 valence electrons. The highest BCUT2D eigenvalue weighted by atomic mass is 16.5. The topological polar surface area (TPSA) is 70.1 Å². The summed E-state index contributed by atoms with van der Waals surface area (Å²) in [5.74, 6) is 1.49. The normalized spacial score (nSPS) is 12.7. The molecule has 1 rings (SSSR count). The average molecular weight is 281 g/mol. The van der Waals surface area contributed by atoms with Crippen molar-refractivity contribution < 1.29 is 9.53 Å². The highest BCUT2D eigenvalue weighted by molar-refractivity contribution is 5.92. The van der Waals surface area contributed by atoms with E-state index >= 15 is 0 Å². The molecular formula is C15H27N3O2. The molecule has 0 saturated carbocycles. The van der Waals surface area contributed by atoms with E-state index in [9.17, 15) is 4.79 Å². The number of imidazole rings is 1. The lowest BCUT2D eigenvalue weighted by atomic mass is 10.0. The van der Waals surface area contributed by atoms with Crippen LogP contribution in [0.4, 0.5) is 5.82 Å². The number of aryl methyl sites for hydroxylation is 1. The van der Waals surface area contributed by atoms with Crippen LogP contribution in [0.1, 0.15) is 69.8 Å². The van der Waals surface area contributed by atoms with E-state index in [2.05, 4.69) is 25.8 Å². The second kappa shape index (κ2) is 7.31. The molecule has 0 spiro atoms. The van der Waals surface area contributed by atoms with E-state index in [4.69, 9.17) is 10.5 Å². The predicted molar refractivity (Wildman–Crippen MR) is 80.8 cm³/mol. The van der Waals surface area contributed by atoms with Crippen molar-refractivity contribution in [2.45, 2.75) is 59.9 Å². The molecule has 0 aliphatic heterocycles. The van der Waals surface area contributed by atoms with Crippen molar-refractivity contribution >= 4 is 11.8 Å². The first-order chi connectivity index (χ1) is 9.42. The molecule has 5 heteroatoms. The maximum Gasteiger partial charge on any atom is 0.360 e. The lowest BCUT2D eigenvalue weighted by Crippen LogP contribution is -2.14. The van der Waals surface area contributed by atoms with Crippen LogP contribution in [-0.4, -0.2) is 22.1 Å². The van der Waals surface area contributed by atoms with Crippen molar-refractivity contribution in [1.29, 1.82) is 0 Å². The Balaban J connectivity index is 3.02. The molecule has 0 saturated heterocycles. The second-order valence-electron chi connectivity index (χ2n) is 5.53. The molecule has 1 atom stereocenters. The van der Waals surface area contributed by atoms with Crippen molar-refractivity contribution in [2.24, 2.45) is 5.92 Å². The van der Waals surface area contributed by atoms with E-state index in [-0.39, 0.29) is 11.7 Å². The molecule has 0 aliphatic rings. The van der Waals surface area contributed by atoms with Crippen molar-refractivity contribution in [1.82, 2.24) is 9.55 Å². The number of aromatic nitrogens is 2. The summed E-state index contributed by atoms with van der Waals surface area (Å²) >= 11 is 0. The summed E-state index contributed by atoms with van der Waals surface area (Å²) in [6.07, 6.45) is 2.89. The number of hydrogen-bond acceptors (Lipinski definition) is 4.